The highest BCUT2D eigenvalue weighted by Gasteiger charge is 2.45. The minimum atomic E-state index is -1.60. The lowest BCUT2D eigenvalue weighted by Gasteiger charge is -2.33. The number of tetrazole rings is 1. The van der Waals surface area contributed by atoms with Gasteiger partial charge in [-0.2, -0.15) is 5.21 Å². The summed E-state index contributed by atoms with van der Waals surface area (Å²) in [5.41, 5.74) is 3.49. The minimum Gasteiger partial charge on any atom is -0.481 e. The van der Waals surface area contributed by atoms with Crippen LogP contribution < -0.4 is 32.0 Å². The highest BCUT2D eigenvalue weighted by molar-refractivity contribution is 5.97. The Morgan fingerprint density at radius 3 is 2.09 bits per heavy atom. The zero-order chi connectivity index (χ0) is 48.4. The largest absolute Gasteiger partial charge is 0.481 e. The van der Waals surface area contributed by atoms with E-state index in [2.05, 4.69) is 52.6 Å². The molecule has 3 rings (SSSR count). The van der Waals surface area contributed by atoms with E-state index in [1.807, 2.05) is 30.3 Å². The Morgan fingerprint density at radius 1 is 0.862 bits per heavy atom. The number of aromatic amines is 1. The number of likely N-dealkylation sites (tertiary alicyclic amines) is 1. The quantitative estimate of drug-likeness (QED) is 0.0621. The number of aliphatic carboxylic acids is 2. The molecule has 24 heteroatoms. The van der Waals surface area contributed by atoms with E-state index in [0.29, 0.717) is 12.8 Å². The highest BCUT2D eigenvalue weighted by Crippen LogP contribution is 2.25. The molecule has 1 aromatic heterocycles. The number of aromatic nitrogens is 4. The molecule has 0 bridgehead atoms. The molecule has 65 heavy (non-hydrogen) atoms. The Balaban J connectivity index is 1.89. The Labute approximate surface area is 376 Å². The van der Waals surface area contributed by atoms with Crippen LogP contribution in [-0.4, -0.2) is 144 Å². The van der Waals surface area contributed by atoms with Gasteiger partial charge in [0.1, 0.15) is 30.2 Å². The summed E-state index contributed by atoms with van der Waals surface area (Å²) >= 11 is 0. The van der Waals surface area contributed by atoms with Gasteiger partial charge in [-0.25, -0.2) is 9.80 Å². The van der Waals surface area contributed by atoms with E-state index in [1.165, 1.54) is 4.90 Å². The summed E-state index contributed by atoms with van der Waals surface area (Å²) in [4.78, 5) is 119. The van der Waals surface area contributed by atoms with Crippen molar-refractivity contribution in [1.29, 1.82) is 0 Å². The van der Waals surface area contributed by atoms with Crippen molar-refractivity contribution in [3.05, 3.63) is 41.7 Å². The van der Waals surface area contributed by atoms with Gasteiger partial charge in [-0.3, -0.25) is 43.8 Å². The van der Waals surface area contributed by atoms with E-state index >= 15 is 0 Å². The van der Waals surface area contributed by atoms with Crippen molar-refractivity contribution in [1.82, 2.24) is 62.5 Å². The number of carbonyl (C=O) groups is 9. The number of nitrogens with one attached hydrogen (secondary N) is 7. The molecule has 1 aliphatic rings. The number of carboxylic acid groups (broad SMARTS) is 2. The van der Waals surface area contributed by atoms with E-state index in [9.17, 15) is 53.4 Å². The molecule has 8 amide bonds. The first-order valence-corrected chi connectivity index (χ1v) is 21.5. The Bertz CT molecular complexity index is 1940. The summed E-state index contributed by atoms with van der Waals surface area (Å²) in [6, 6.07) is 0.937. The summed E-state index contributed by atoms with van der Waals surface area (Å²) < 4.78 is 6.19. The number of nitrogens with zero attached hydrogens (tertiary/aromatic N) is 5. The van der Waals surface area contributed by atoms with E-state index in [-0.39, 0.29) is 31.9 Å². The summed E-state index contributed by atoms with van der Waals surface area (Å²) in [6.45, 7) is 11.4. The second-order valence-electron chi connectivity index (χ2n) is 16.2. The average Bonchev–Trinajstić information content (AvgIpc) is 3.96. The number of carbonyl (C=O) groups excluding carboxylic acids is 7. The average molecular weight is 915 g/mol. The molecule has 1 saturated heterocycles. The molecule has 358 valence electrons. The van der Waals surface area contributed by atoms with Gasteiger partial charge >= 0.3 is 18.0 Å². The van der Waals surface area contributed by atoms with Gasteiger partial charge in [-0.1, -0.05) is 76.6 Å². The molecular weight excluding hydrogens is 853 g/mol. The molecule has 1 fully saturated rings. The standard InChI is InChI=1S/C41H62N12O12/c1-8-17-53(41(64)42-24(6)35-47-50-51-48-35)49-38(61)30-18-27(65-21-26-13-11-10-12-14-26)20-52(30)40(63)33(22(3)4)45-39(62)34(23(5)9-2)46-36(59)28(15-16-31(55)56)44-37(60)29(19-32(57)58)43-25(7)54/h10-14,22-24,27-30,33-34H,8-9,15-21H2,1-7H3,(H,42,64)(H,43,54)(H,44,60)(H,45,62)(H,46,59)(H,49,61)(H,55,56)(H,57,58)(H,47,48,50,51)/t23-,24-,27+,28+,29-,30-,33-,34-/m0/s1. The number of hydrazine groups is 1. The van der Waals surface area contributed by atoms with Crippen LogP contribution in [0.25, 0.3) is 0 Å². The lowest BCUT2D eigenvalue weighted by molar-refractivity contribution is -0.144. The third kappa shape index (κ3) is 16.4. The molecule has 24 nitrogen and oxygen atoms in total. The van der Waals surface area contributed by atoms with Crippen LogP contribution in [0.3, 0.4) is 0 Å². The van der Waals surface area contributed by atoms with Gasteiger partial charge in [0, 0.05) is 32.9 Å². The zero-order valence-electron chi connectivity index (χ0n) is 37.7. The van der Waals surface area contributed by atoms with Gasteiger partial charge < -0.3 is 46.4 Å². The van der Waals surface area contributed by atoms with Crippen LogP contribution in [-0.2, 0) is 49.7 Å². The van der Waals surface area contributed by atoms with Crippen LogP contribution >= 0.6 is 0 Å². The maximum absolute atomic E-state index is 14.7. The molecule has 0 saturated carbocycles. The number of carboxylic acids is 2. The highest BCUT2D eigenvalue weighted by atomic mass is 16.5. The van der Waals surface area contributed by atoms with Crippen LogP contribution in [0.1, 0.15) is 104 Å². The normalized spacial score (nSPS) is 17.3. The van der Waals surface area contributed by atoms with Gasteiger partial charge in [-0.15, -0.1) is 10.2 Å². The first-order valence-electron chi connectivity index (χ1n) is 21.5. The first kappa shape index (κ1) is 52.6. The fourth-order valence-electron chi connectivity index (χ4n) is 6.85. The van der Waals surface area contributed by atoms with Crippen molar-refractivity contribution in [2.24, 2.45) is 11.8 Å². The first-order chi connectivity index (χ1) is 30.7. The lowest BCUT2D eigenvalue weighted by atomic mass is 9.95. The second-order valence-corrected chi connectivity index (χ2v) is 16.2. The second kappa shape index (κ2) is 25.5. The van der Waals surface area contributed by atoms with Crippen molar-refractivity contribution < 1.29 is 58.1 Å². The molecule has 2 heterocycles. The molecule has 9 N–H and O–H groups in total. The van der Waals surface area contributed by atoms with Crippen LogP contribution in [0.2, 0.25) is 0 Å². The Morgan fingerprint density at radius 2 is 1.52 bits per heavy atom. The monoisotopic (exact) mass is 914 g/mol. The van der Waals surface area contributed by atoms with Gasteiger partial charge in [0.05, 0.1) is 25.2 Å². The summed E-state index contributed by atoms with van der Waals surface area (Å²) in [6.07, 6.45) is -1.73. The van der Waals surface area contributed by atoms with Crippen molar-refractivity contribution in [3.8, 4) is 0 Å². The molecule has 2 aromatic rings. The van der Waals surface area contributed by atoms with Gasteiger partial charge in [0.15, 0.2) is 5.82 Å². The molecule has 0 spiro atoms. The third-order valence-corrected chi connectivity index (χ3v) is 10.6. The summed E-state index contributed by atoms with van der Waals surface area (Å²) in [5, 5.41) is 45.9. The van der Waals surface area contributed by atoms with Crippen molar-refractivity contribution in [2.45, 2.75) is 136 Å². The number of urea groups is 1. The predicted octanol–water partition coefficient (Wildman–Crippen LogP) is -0.0995. The molecule has 1 aliphatic heterocycles. The molecule has 0 radical (unpaired) electrons. The smallest absolute Gasteiger partial charge is 0.336 e. The van der Waals surface area contributed by atoms with Crippen LogP contribution in [0.15, 0.2) is 30.3 Å². The Hall–Kier alpha value is -6.72. The minimum absolute atomic E-state index is 0.0360. The van der Waals surface area contributed by atoms with E-state index in [4.69, 9.17) is 4.74 Å². The Kier molecular flexibility index (Phi) is 20.7. The van der Waals surface area contributed by atoms with Crippen molar-refractivity contribution in [2.75, 3.05) is 13.1 Å². The van der Waals surface area contributed by atoms with Crippen molar-refractivity contribution in [3.63, 3.8) is 0 Å². The van der Waals surface area contributed by atoms with Crippen LogP contribution in [0.4, 0.5) is 4.79 Å². The maximum Gasteiger partial charge on any atom is 0.336 e. The number of ether oxygens (including phenoxy) is 1. The molecule has 8 atom stereocenters. The zero-order valence-corrected chi connectivity index (χ0v) is 37.7. The van der Waals surface area contributed by atoms with Gasteiger partial charge in [0.2, 0.25) is 29.5 Å². The van der Waals surface area contributed by atoms with Gasteiger partial charge in [-0.05, 0) is 37.2 Å². The van der Waals surface area contributed by atoms with Gasteiger partial charge in [0.25, 0.3) is 5.91 Å². The SMILES string of the molecule is CCCN(NC(=O)[C@@H]1C[C@@H](OCc2ccccc2)CN1C(=O)[C@@H](NC(=O)[C@@H](NC(=O)[C@@H](CCC(=O)O)NC(=O)[C@H](CC(=O)O)NC(C)=O)[C@@H](C)CC)C(C)C)C(=O)N[C@@H](C)c1nn[nH]n1. The summed E-state index contributed by atoms with van der Waals surface area (Å²) in [5.74, 6) is -8.64. The third-order valence-electron chi connectivity index (χ3n) is 10.6. The number of amides is 8. The number of hydrogen-bond donors (Lipinski definition) is 9. The fraction of sp³-hybridized carbons (Fsp3) is 0.610. The molecular formula is C41H62N12O12. The van der Waals surface area contributed by atoms with Crippen LogP contribution in [0, 0.1) is 11.8 Å². The number of rotatable bonds is 24. The predicted molar refractivity (Wildman–Crippen MR) is 228 cm³/mol. The number of benzene rings is 1. The summed E-state index contributed by atoms with van der Waals surface area (Å²) in [7, 11) is 0. The van der Waals surface area contributed by atoms with Crippen molar-refractivity contribution >= 4 is 53.4 Å². The van der Waals surface area contributed by atoms with E-state index in [1.54, 1.807) is 41.5 Å². The maximum atomic E-state index is 14.7. The molecule has 0 aliphatic carbocycles. The van der Waals surface area contributed by atoms with E-state index in [0.717, 1.165) is 17.5 Å². The van der Waals surface area contributed by atoms with E-state index < -0.39 is 127 Å². The fourth-order valence-corrected chi connectivity index (χ4v) is 6.85. The molecule has 0 unspecified atom stereocenters. The number of H-pyrrole nitrogens is 1. The molecule has 1 aromatic carbocycles. The topological polar surface area (TPSA) is 336 Å². The van der Waals surface area contributed by atoms with Crippen LogP contribution in [0.5, 0.6) is 0 Å². The number of hydrogen-bond acceptors (Lipinski definition) is 13. The lowest BCUT2D eigenvalue weighted by Crippen LogP contribution is -2.62.